The molecule has 0 unspecified atom stereocenters. The van der Waals surface area contributed by atoms with E-state index in [1.165, 1.54) is 26.2 Å². The molecule has 2 nitrogen and oxygen atoms in total. The van der Waals surface area contributed by atoms with E-state index in [0.29, 0.717) is 0 Å². The molecule has 0 aromatic rings. The minimum atomic E-state index is 1.17. The quantitative estimate of drug-likeness (QED) is 0.583. The number of likely N-dealkylation sites (N-methyl/N-ethyl adjacent to an activating group) is 1. The van der Waals surface area contributed by atoms with Gasteiger partial charge in [0.25, 0.3) is 0 Å². The van der Waals surface area contributed by atoms with E-state index in [-0.39, 0.29) is 0 Å². The maximum atomic E-state index is 2.36. The third kappa shape index (κ3) is 3.04. The molecule has 1 aliphatic rings. The lowest BCUT2D eigenvalue weighted by molar-refractivity contribution is 0.187. The number of rotatable bonds is 2. The van der Waals surface area contributed by atoms with Crippen LogP contribution in [0.15, 0.2) is 12.2 Å². The average Bonchev–Trinajstić information content (AvgIpc) is 2.04. The molecule has 1 rings (SSSR count). The topological polar surface area (TPSA) is 6.48 Å². The van der Waals surface area contributed by atoms with Crippen molar-refractivity contribution in [3.8, 4) is 0 Å². The van der Waals surface area contributed by atoms with Crippen molar-refractivity contribution in [3.05, 3.63) is 18.7 Å². The molecule has 1 fully saturated rings. The molecule has 0 amide bonds. The molecule has 1 aliphatic heterocycles. The van der Waals surface area contributed by atoms with E-state index in [1.807, 2.05) is 6.92 Å². The molecular formula is C9H17N2. The molecule has 0 saturated carbocycles. The molecule has 0 atom stereocenters. The van der Waals surface area contributed by atoms with Crippen LogP contribution in [0.1, 0.15) is 6.92 Å². The predicted molar refractivity (Wildman–Crippen MR) is 48.2 cm³/mol. The van der Waals surface area contributed by atoms with Gasteiger partial charge in [0.2, 0.25) is 0 Å². The largest absolute Gasteiger partial charge is 0.304 e. The summed E-state index contributed by atoms with van der Waals surface area (Å²) in [5, 5.41) is 0. The Kier molecular flexibility index (Phi) is 3.60. The van der Waals surface area contributed by atoms with Gasteiger partial charge in [0.05, 0.1) is 0 Å². The number of nitrogens with zero attached hydrogens (tertiary/aromatic N) is 2. The zero-order valence-corrected chi connectivity index (χ0v) is 7.45. The first-order chi connectivity index (χ1) is 5.33. The molecule has 0 aromatic carbocycles. The minimum Gasteiger partial charge on any atom is -0.304 e. The van der Waals surface area contributed by atoms with Crippen LogP contribution in [0.5, 0.6) is 0 Å². The van der Waals surface area contributed by atoms with Crippen molar-refractivity contribution < 1.29 is 0 Å². The standard InChI is InChI=1S/C9H17N2/c1-3-4-5-11-8-6-10(2)7-9-11/h3-5H,6-9H2,1-2H3/b4-3+. The first kappa shape index (κ1) is 8.75. The van der Waals surface area contributed by atoms with Crippen LogP contribution in [-0.2, 0) is 0 Å². The van der Waals surface area contributed by atoms with Crippen molar-refractivity contribution in [2.75, 3.05) is 33.2 Å². The van der Waals surface area contributed by atoms with Crippen LogP contribution in [0, 0.1) is 6.54 Å². The molecule has 1 saturated heterocycles. The van der Waals surface area contributed by atoms with E-state index in [1.54, 1.807) is 0 Å². The van der Waals surface area contributed by atoms with Gasteiger partial charge in [-0.2, -0.15) is 0 Å². The summed E-state index contributed by atoms with van der Waals surface area (Å²) in [6.45, 7) is 8.93. The number of allylic oxidation sites excluding steroid dienone is 1. The summed E-state index contributed by atoms with van der Waals surface area (Å²) in [4.78, 5) is 4.72. The molecule has 0 spiro atoms. The third-order valence-corrected chi connectivity index (χ3v) is 2.03. The Balaban J connectivity index is 2.17. The van der Waals surface area contributed by atoms with Gasteiger partial charge in [-0.3, -0.25) is 4.90 Å². The van der Waals surface area contributed by atoms with Crippen LogP contribution in [0.3, 0.4) is 0 Å². The van der Waals surface area contributed by atoms with Crippen molar-refractivity contribution in [2.24, 2.45) is 0 Å². The Hall–Kier alpha value is -0.340. The van der Waals surface area contributed by atoms with Crippen molar-refractivity contribution in [3.63, 3.8) is 0 Å². The highest BCUT2D eigenvalue weighted by Gasteiger charge is 2.11. The Labute approximate surface area is 69.5 Å². The fourth-order valence-electron chi connectivity index (χ4n) is 1.18. The SMILES string of the molecule is C/C=C/[CH]N1CCN(C)CC1. The maximum absolute atomic E-state index is 2.36. The molecule has 0 bridgehead atoms. The summed E-state index contributed by atoms with van der Waals surface area (Å²) >= 11 is 0. The summed E-state index contributed by atoms with van der Waals surface area (Å²) in [5.74, 6) is 0. The van der Waals surface area contributed by atoms with E-state index < -0.39 is 0 Å². The highest BCUT2D eigenvalue weighted by molar-refractivity contribution is 4.93. The smallest absolute Gasteiger partial charge is 0.0470 e. The van der Waals surface area contributed by atoms with Gasteiger partial charge in [0.15, 0.2) is 0 Å². The van der Waals surface area contributed by atoms with E-state index in [0.717, 1.165) is 0 Å². The second kappa shape index (κ2) is 4.52. The zero-order valence-electron chi connectivity index (χ0n) is 7.45. The predicted octanol–water partition coefficient (Wildman–Crippen LogP) is 0.972. The van der Waals surface area contributed by atoms with Gasteiger partial charge in [-0.25, -0.2) is 0 Å². The third-order valence-electron chi connectivity index (χ3n) is 2.03. The lowest BCUT2D eigenvalue weighted by Gasteiger charge is -2.31. The van der Waals surface area contributed by atoms with E-state index in [9.17, 15) is 0 Å². The van der Waals surface area contributed by atoms with Crippen LogP contribution >= 0.6 is 0 Å². The Morgan fingerprint density at radius 2 is 1.73 bits per heavy atom. The summed E-state index contributed by atoms with van der Waals surface area (Å²) in [7, 11) is 2.17. The first-order valence-corrected chi connectivity index (χ1v) is 4.21. The molecule has 0 aliphatic carbocycles. The van der Waals surface area contributed by atoms with Crippen molar-refractivity contribution in [1.29, 1.82) is 0 Å². The van der Waals surface area contributed by atoms with E-state index >= 15 is 0 Å². The highest BCUT2D eigenvalue weighted by Crippen LogP contribution is 2.01. The lowest BCUT2D eigenvalue weighted by Crippen LogP contribution is -2.42. The van der Waals surface area contributed by atoms with Crippen LogP contribution in [0.4, 0.5) is 0 Å². The Morgan fingerprint density at radius 3 is 2.27 bits per heavy atom. The van der Waals surface area contributed by atoms with E-state index in [4.69, 9.17) is 0 Å². The second-order valence-electron chi connectivity index (χ2n) is 3.01. The number of hydrogen-bond donors (Lipinski definition) is 0. The van der Waals surface area contributed by atoms with Gasteiger partial charge in [0, 0.05) is 32.7 Å². The van der Waals surface area contributed by atoms with Crippen LogP contribution in [-0.4, -0.2) is 43.0 Å². The van der Waals surface area contributed by atoms with Crippen molar-refractivity contribution in [1.82, 2.24) is 9.80 Å². The molecule has 63 valence electrons. The summed E-state index contributed by atoms with van der Waals surface area (Å²) in [6, 6.07) is 0. The minimum absolute atomic E-state index is 1.17. The summed E-state index contributed by atoms with van der Waals surface area (Å²) in [6.07, 6.45) is 4.17. The second-order valence-corrected chi connectivity index (χ2v) is 3.01. The Morgan fingerprint density at radius 1 is 1.09 bits per heavy atom. The monoisotopic (exact) mass is 153 g/mol. The normalized spacial score (nSPS) is 23.1. The van der Waals surface area contributed by atoms with Gasteiger partial charge in [0.1, 0.15) is 0 Å². The van der Waals surface area contributed by atoms with Crippen molar-refractivity contribution >= 4 is 0 Å². The molecule has 11 heavy (non-hydrogen) atoms. The number of hydrogen-bond acceptors (Lipinski definition) is 2. The summed E-state index contributed by atoms with van der Waals surface area (Å²) in [5.41, 5.74) is 0. The lowest BCUT2D eigenvalue weighted by atomic mass is 10.3. The molecule has 0 N–H and O–H groups in total. The van der Waals surface area contributed by atoms with Crippen LogP contribution < -0.4 is 0 Å². The fraction of sp³-hybridized carbons (Fsp3) is 0.667. The number of piperazine rings is 1. The van der Waals surface area contributed by atoms with Crippen LogP contribution in [0.25, 0.3) is 0 Å². The summed E-state index contributed by atoms with van der Waals surface area (Å²) < 4.78 is 0. The first-order valence-electron chi connectivity index (χ1n) is 4.21. The Bertz CT molecular complexity index is 124. The van der Waals surface area contributed by atoms with Gasteiger partial charge in [-0.1, -0.05) is 12.2 Å². The maximum Gasteiger partial charge on any atom is 0.0470 e. The van der Waals surface area contributed by atoms with E-state index in [2.05, 4.69) is 35.5 Å². The van der Waals surface area contributed by atoms with Gasteiger partial charge in [-0.15, -0.1) is 0 Å². The molecule has 2 heteroatoms. The molecular weight excluding hydrogens is 136 g/mol. The van der Waals surface area contributed by atoms with Gasteiger partial charge < -0.3 is 4.90 Å². The van der Waals surface area contributed by atoms with Crippen molar-refractivity contribution in [2.45, 2.75) is 6.92 Å². The average molecular weight is 153 g/mol. The van der Waals surface area contributed by atoms with Gasteiger partial charge in [-0.05, 0) is 14.0 Å². The fourth-order valence-corrected chi connectivity index (χ4v) is 1.18. The van der Waals surface area contributed by atoms with Gasteiger partial charge >= 0.3 is 0 Å². The zero-order chi connectivity index (χ0) is 8.10. The molecule has 1 radical (unpaired) electrons. The highest BCUT2D eigenvalue weighted by atomic mass is 15.2. The molecule has 1 heterocycles. The van der Waals surface area contributed by atoms with Crippen LogP contribution in [0.2, 0.25) is 0 Å². The molecule has 0 aromatic heterocycles.